The van der Waals surface area contributed by atoms with E-state index in [-0.39, 0.29) is 12.8 Å². The Morgan fingerprint density at radius 3 is 2.50 bits per heavy atom. The van der Waals surface area contributed by atoms with Crippen molar-refractivity contribution >= 4 is 11.9 Å². The van der Waals surface area contributed by atoms with Crippen LogP contribution < -0.4 is 0 Å². The van der Waals surface area contributed by atoms with Crippen LogP contribution in [0, 0.1) is 0 Å². The molecule has 0 aliphatic rings. The first-order valence-electron chi connectivity index (χ1n) is 4.18. The normalized spacial score (nSPS) is 14.1. The average Bonchev–Trinajstić information content (AvgIpc) is 2.01. The third-order valence-electron chi connectivity index (χ3n) is 1.46. The summed E-state index contributed by atoms with van der Waals surface area (Å²) in [5.41, 5.74) is 0. The van der Waals surface area contributed by atoms with Gasteiger partial charge < -0.3 is 14.9 Å². The smallest absolute Gasteiger partial charge is 0.330 e. The molecular weight excluding hydrogens is 188 g/mol. The number of aliphatic hydroxyl groups is 1. The van der Waals surface area contributed by atoms with Gasteiger partial charge in [0.15, 0.2) is 0 Å². The lowest BCUT2D eigenvalue weighted by atomic mass is 10.1. The molecule has 0 spiro atoms. The van der Waals surface area contributed by atoms with Gasteiger partial charge in [-0.25, -0.2) is 4.79 Å². The van der Waals surface area contributed by atoms with Crippen molar-refractivity contribution in [2.75, 3.05) is 0 Å². The number of hydrogen-bond donors (Lipinski definition) is 2. The van der Waals surface area contributed by atoms with E-state index in [1.807, 2.05) is 0 Å². The van der Waals surface area contributed by atoms with Gasteiger partial charge in [0.2, 0.25) is 0 Å². The number of ether oxygens (including phenoxy) is 1. The van der Waals surface area contributed by atoms with Gasteiger partial charge in [0.25, 0.3) is 0 Å². The summed E-state index contributed by atoms with van der Waals surface area (Å²) < 4.78 is 4.72. The summed E-state index contributed by atoms with van der Waals surface area (Å²) in [7, 11) is 0. The molecule has 0 radical (unpaired) electrons. The monoisotopic (exact) mass is 202 g/mol. The lowest BCUT2D eigenvalue weighted by Gasteiger charge is -2.16. The molecule has 0 bridgehead atoms. The number of esters is 1. The zero-order valence-electron chi connectivity index (χ0n) is 7.97. The van der Waals surface area contributed by atoms with E-state index in [9.17, 15) is 9.59 Å². The Morgan fingerprint density at radius 2 is 2.14 bits per heavy atom. The van der Waals surface area contributed by atoms with Crippen LogP contribution in [0.15, 0.2) is 12.7 Å². The summed E-state index contributed by atoms with van der Waals surface area (Å²) >= 11 is 0. The van der Waals surface area contributed by atoms with Gasteiger partial charge >= 0.3 is 11.9 Å². The summed E-state index contributed by atoms with van der Waals surface area (Å²) in [6.45, 7) is 4.68. The third kappa shape index (κ3) is 6.19. The highest BCUT2D eigenvalue weighted by Crippen LogP contribution is 2.08. The average molecular weight is 202 g/mol. The first-order valence-corrected chi connectivity index (χ1v) is 4.18. The third-order valence-corrected chi connectivity index (χ3v) is 1.46. The molecule has 0 aromatic rings. The summed E-state index contributed by atoms with van der Waals surface area (Å²) in [5.74, 6) is -1.76. The molecular formula is C9H14O5. The molecule has 0 saturated carbocycles. The number of hydrogen-bond acceptors (Lipinski definition) is 4. The minimum Gasteiger partial charge on any atom is -0.481 e. The first kappa shape index (κ1) is 12.6. The Balaban J connectivity index is 4.16. The fourth-order valence-corrected chi connectivity index (χ4v) is 0.961. The second-order valence-corrected chi connectivity index (χ2v) is 2.95. The van der Waals surface area contributed by atoms with Crippen molar-refractivity contribution in [2.24, 2.45) is 0 Å². The van der Waals surface area contributed by atoms with E-state index in [1.165, 1.54) is 6.92 Å². The molecule has 14 heavy (non-hydrogen) atoms. The van der Waals surface area contributed by atoms with E-state index >= 15 is 0 Å². The van der Waals surface area contributed by atoms with Crippen molar-refractivity contribution < 1.29 is 24.5 Å². The summed E-state index contributed by atoms with van der Waals surface area (Å²) in [5, 5.41) is 17.5. The van der Waals surface area contributed by atoms with Crippen LogP contribution in [0.4, 0.5) is 0 Å². The maximum atomic E-state index is 10.8. The minimum absolute atomic E-state index is 0.103. The Hall–Kier alpha value is -1.36. The standard InChI is InChI=1S/C9H14O5/c1-3-9(13)14-7(4-6(2)10)5-8(11)12/h3,6-7,10H,1,4-5H2,2H3,(H,11,12). The SMILES string of the molecule is C=CC(=O)OC(CC(=O)O)CC(C)O. The lowest BCUT2D eigenvalue weighted by Crippen LogP contribution is -2.24. The summed E-state index contributed by atoms with van der Waals surface area (Å²) in [4.78, 5) is 21.1. The van der Waals surface area contributed by atoms with Gasteiger partial charge in [-0.2, -0.15) is 0 Å². The molecule has 0 aliphatic carbocycles. The van der Waals surface area contributed by atoms with Crippen molar-refractivity contribution in [3.8, 4) is 0 Å². The second-order valence-electron chi connectivity index (χ2n) is 2.95. The van der Waals surface area contributed by atoms with Gasteiger partial charge in [0.1, 0.15) is 6.10 Å². The maximum absolute atomic E-state index is 10.8. The molecule has 2 unspecified atom stereocenters. The molecule has 5 heteroatoms. The van der Waals surface area contributed by atoms with E-state index in [0.29, 0.717) is 0 Å². The quantitative estimate of drug-likeness (QED) is 0.479. The molecule has 0 saturated heterocycles. The van der Waals surface area contributed by atoms with Crippen LogP contribution in [0.2, 0.25) is 0 Å². The Morgan fingerprint density at radius 1 is 1.57 bits per heavy atom. The van der Waals surface area contributed by atoms with E-state index in [4.69, 9.17) is 14.9 Å². The molecule has 0 aliphatic heterocycles. The fourth-order valence-electron chi connectivity index (χ4n) is 0.961. The number of aliphatic hydroxyl groups excluding tert-OH is 1. The van der Waals surface area contributed by atoms with Crippen LogP contribution in [0.25, 0.3) is 0 Å². The van der Waals surface area contributed by atoms with E-state index in [1.54, 1.807) is 0 Å². The molecule has 0 amide bonds. The molecule has 2 atom stereocenters. The van der Waals surface area contributed by atoms with Gasteiger partial charge in [-0.1, -0.05) is 6.58 Å². The van der Waals surface area contributed by atoms with Crippen molar-refractivity contribution in [3.63, 3.8) is 0 Å². The van der Waals surface area contributed by atoms with Crippen LogP contribution >= 0.6 is 0 Å². The summed E-state index contributed by atoms with van der Waals surface area (Å²) in [6.07, 6.45) is -0.775. The molecule has 0 heterocycles. The number of carbonyl (C=O) groups is 2. The van der Waals surface area contributed by atoms with Crippen LogP contribution in [0.5, 0.6) is 0 Å². The van der Waals surface area contributed by atoms with E-state index < -0.39 is 24.1 Å². The van der Waals surface area contributed by atoms with Crippen molar-refractivity contribution in [1.29, 1.82) is 0 Å². The highest BCUT2D eigenvalue weighted by atomic mass is 16.5. The Kier molecular flexibility index (Phi) is 5.55. The van der Waals surface area contributed by atoms with Crippen molar-refractivity contribution in [3.05, 3.63) is 12.7 Å². The van der Waals surface area contributed by atoms with E-state index in [0.717, 1.165) is 6.08 Å². The van der Waals surface area contributed by atoms with Crippen LogP contribution in [-0.4, -0.2) is 34.4 Å². The lowest BCUT2D eigenvalue weighted by molar-refractivity contribution is -0.149. The van der Waals surface area contributed by atoms with Gasteiger partial charge in [0, 0.05) is 12.5 Å². The van der Waals surface area contributed by atoms with Crippen LogP contribution in [-0.2, 0) is 14.3 Å². The Bertz CT molecular complexity index is 221. The molecule has 2 N–H and O–H groups in total. The topological polar surface area (TPSA) is 83.8 Å². The van der Waals surface area contributed by atoms with Crippen LogP contribution in [0.3, 0.4) is 0 Å². The largest absolute Gasteiger partial charge is 0.481 e. The summed E-state index contributed by atoms with van der Waals surface area (Å²) in [6, 6.07) is 0. The molecule has 0 aromatic heterocycles. The number of carboxylic acids is 1. The van der Waals surface area contributed by atoms with Gasteiger partial charge in [0.05, 0.1) is 12.5 Å². The predicted molar refractivity (Wildman–Crippen MR) is 48.6 cm³/mol. The first-order chi connectivity index (χ1) is 6.45. The van der Waals surface area contributed by atoms with Crippen molar-refractivity contribution in [1.82, 2.24) is 0 Å². The number of carboxylic acid groups (broad SMARTS) is 1. The van der Waals surface area contributed by atoms with Crippen LogP contribution in [0.1, 0.15) is 19.8 Å². The van der Waals surface area contributed by atoms with Gasteiger partial charge in [-0.05, 0) is 6.92 Å². The zero-order chi connectivity index (χ0) is 11.1. The highest BCUT2D eigenvalue weighted by Gasteiger charge is 2.18. The molecule has 80 valence electrons. The van der Waals surface area contributed by atoms with Gasteiger partial charge in [-0.3, -0.25) is 4.79 Å². The number of carbonyl (C=O) groups excluding carboxylic acids is 1. The highest BCUT2D eigenvalue weighted by molar-refractivity contribution is 5.81. The molecule has 0 aromatic carbocycles. The Labute approximate surface area is 82.0 Å². The number of rotatable bonds is 6. The fraction of sp³-hybridized carbons (Fsp3) is 0.556. The zero-order valence-corrected chi connectivity index (χ0v) is 7.97. The number of aliphatic carboxylic acids is 1. The van der Waals surface area contributed by atoms with Crippen molar-refractivity contribution in [2.45, 2.75) is 32.0 Å². The van der Waals surface area contributed by atoms with E-state index in [2.05, 4.69) is 6.58 Å². The minimum atomic E-state index is -1.08. The van der Waals surface area contributed by atoms with Gasteiger partial charge in [-0.15, -0.1) is 0 Å². The molecule has 5 nitrogen and oxygen atoms in total. The predicted octanol–water partition coefficient (Wildman–Crippen LogP) is 0.330. The second kappa shape index (κ2) is 6.15. The maximum Gasteiger partial charge on any atom is 0.330 e. The molecule has 0 fully saturated rings. The molecule has 0 rings (SSSR count).